The Labute approximate surface area is 151 Å². The zero-order chi connectivity index (χ0) is 19.8. The molecule has 1 amide bonds. The number of hydrogen-bond acceptors (Lipinski definition) is 1. The van der Waals surface area contributed by atoms with Crippen LogP contribution < -0.4 is 5.32 Å². The first-order valence-corrected chi connectivity index (χ1v) is 8.03. The van der Waals surface area contributed by atoms with Crippen molar-refractivity contribution in [3.63, 3.8) is 0 Å². The predicted molar refractivity (Wildman–Crippen MR) is 90.0 cm³/mol. The summed E-state index contributed by atoms with van der Waals surface area (Å²) < 4.78 is 66.6. The molecule has 0 aliphatic carbocycles. The number of H-pyrrole nitrogens is 1. The highest BCUT2D eigenvalue weighted by Crippen LogP contribution is 2.33. The molecule has 1 aromatic heterocycles. The number of aryl methyl sites for hydroxylation is 1. The first-order chi connectivity index (χ1) is 12.6. The van der Waals surface area contributed by atoms with E-state index < -0.39 is 29.8 Å². The molecule has 2 aromatic carbocycles. The maximum atomic E-state index is 13.5. The maximum absolute atomic E-state index is 13.5. The minimum atomic E-state index is -4.76. The molecule has 1 atom stereocenters. The molecule has 0 saturated heterocycles. The number of rotatable bonds is 4. The number of aromatic nitrogens is 1. The van der Waals surface area contributed by atoms with Gasteiger partial charge in [0.25, 0.3) is 0 Å². The molecule has 0 spiro atoms. The zero-order valence-corrected chi connectivity index (χ0v) is 14.1. The minimum absolute atomic E-state index is 0.279. The lowest BCUT2D eigenvalue weighted by atomic mass is 10.0. The summed E-state index contributed by atoms with van der Waals surface area (Å²) in [6.45, 7) is 1.65. The SMILES string of the molecule is Cc1[nH]c2ccc(F)cc2c1CC(=O)NC(c1ccc(F)cc1)C(F)(F)F. The molecule has 0 radical (unpaired) electrons. The maximum Gasteiger partial charge on any atom is 0.412 e. The van der Waals surface area contributed by atoms with Crippen LogP contribution in [0.15, 0.2) is 42.5 Å². The van der Waals surface area contributed by atoms with Crippen molar-refractivity contribution in [1.82, 2.24) is 10.3 Å². The average Bonchev–Trinajstić information content (AvgIpc) is 2.88. The largest absolute Gasteiger partial charge is 0.412 e. The third kappa shape index (κ3) is 4.10. The van der Waals surface area contributed by atoms with Gasteiger partial charge in [0.1, 0.15) is 11.6 Å². The topological polar surface area (TPSA) is 44.9 Å². The lowest BCUT2D eigenvalue weighted by Gasteiger charge is -2.22. The van der Waals surface area contributed by atoms with Gasteiger partial charge in [-0.05, 0) is 48.4 Å². The minimum Gasteiger partial charge on any atom is -0.358 e. The fraction of sp³-hybridized carbons (Fsp3) is 0.211. The molecule has 0 aliphatic heterocycles. The van der Waals surface area contributed by atoms with E-state index in [1.54, 1.807) is 6.92 Å². The van der Waals surface area contributed by atoms with Crippen molar-refractivity contribution in [2.75, 3.05) is 0 Å². The van der Waals surface area contributed by atoms with E-state index in [9.17, 15) is 26.7 Å². The van der Waals surface area contributed by atoms with Crippen LogP contribution in [0.1, 0.15) is 22.9 Å². The Hall–Kier alpha value is -2.90. The van der Waals surface area contributed by atoms with Crippen molar-refractivity contribution in [2.24, 2.45) is 0 Å². The van der Waals surface area contributed by atoms with Crippen molar-refractivity contribution >= 4 is 16.8 Å². The van der Waals surface area contributed by atoms with E-state index in [-0.39, 0.29) is 12.0 Å². The molecule has 27 heavy (non-hydrogen) atoms. The molecular weight excluding hydrogens is 367 g/mol. The number of nitrogens with one attached hydrogen (secondary N) is 2. The third-order valence-corrected chi connectivity index (χ3v) is 4.25. The van der Waals surface area contributed by atoms with Crippen LogP contribution in [0, 0.1) is 18.6 Å². The summed E-state index contributed by atoms with van der Waals surface area (Å²) in [5.74, 6) is -2.07. The highest BCUT2D eigenvalue weighted by atomic mass is 19.4. The van der Waals surface area contributed by atoms with Gasteiger partial charge in [0.05, 0.1) is 6.42 Å². The van der Waals surface area contributed by atoms with Gasteiger partial charge >= 0.3 is 6.18 Å². The van der Waals surface area contributed by atoms with Gasteiger partial charge in [-0.2, -0.15) is 13.2 Å². The molecule has 3 nitrogen and oxygen atoms in total. The molecule has 0 saturated carbocycles. The van der Waals surface area contributed by atoms with Gasteiger partial charge in [0.15, 0.2) is 6.04 Å². The highest BCUT2D eigenvalue weighted by molar-refractivity contribution is 5.90. The molecule has 3 aromatic rings. The van der Waals surface area contributed by atoms with E-state index in [4.69, 9.17) is 0 Å². The van der Waals surface area contributed by atoms with Gasteiger partial charge in [-0.15, -0.1) is 0 Å². The van der Waals surface area contributed by atoms with E-state index in [2.05, 4.69) is 4.98 Å². The molecular formula is C19H15F5N2O. The Balaban J connectivity index is 1.86. The second-order valence-corrected chi connectivity index (χ2v) is 6.19. The van der Waals surface area contributed by atoms with Gasteiger partial charge in [0, 0.05) is 16.6 Å². The average molecular weight is 382 g/mol. The molecule has 3 rings (SSSR count). The van der Waals surface area contributed by atoms with Gasteiger partial charge < -0.3 is 10.3 Å². The smallest absolute Gasteiger partial charge is 0.358 e. The summed E-state index contributed by atoms with van der Waals surface area (Å²) in [6.07, 6.45) is -5.11. The van der Waals surface area contributed by atoms with Crippen molar-refractivity contribution in [2.45, 2.75) is 25.6 Å². The van der Waals surface area contributed by atoms with Crippen LogP contribution in [-0.4, -0.2) is 17.1 Å². The second kappa shape index (κ2) is 7.02. The lowest BCUT2D eigenvalue weighted by Crippen LogP contribution is -2.38. The van der Waals surface area contributed by atoms with Gasteiger partial charge in [0.2, 0.25) is 5.91 Å². The van der Waals surface area contributed by atoms with Gasteiger partial charge in [-0.3, -0.25) is 4.79 Å². The first-order valence-electron chi connectivity index (χ1n) is 8.03. The van der Waals surface area contributed by atoms with Crippen LogP contribution in [0.3, 0.4) is 0 Å². The molecule has 0 bridgehead atoms. The van der Waals surface area contributed by atoms with Crippen molar-refractivity contribution in [3.05, 3.63) is 70.9 Å². The summed E-state index contributed by atoms with van der Waals surface area (Å²) in [5, 5.41) is 2.38. The quantitative estimate of drug-likeness (QED) is 0.631. The molecule has 2 N–H and O–H groups in total. The fourth-order valence-corrected chi connectivity index (χ4v) is 2.96. The molecule has 0 fully saturated rings. The Bertz CT molecular complexity index is 976. The van der Waals surface area contributed by atoms with E-state index in [0.717, 1.165) is 24.3 Å². The molecule has 1 unspecified atom stereocenters. The zero-order valence-electron chi connectivity index (χ0n) is 14.1. The monoisotopic (exact) mass is 382 g/mol. The van der Waals surface area contributed by atoms with Gasteiger partial charge in [-0.1, -0.05) is 12.1 Å². The van der Waals surface area contributed by atoms with Gasteiger partial charge in [-0.25, -0.2) is 8.78 Å². The molecule has 0 aliphatic rings. The number of carbonyl (C=O) groups is 1. The van der Waals surface area contributed by atoms with Crippen LogP contribution in [0.5, 0.6) is 0 Å². The number of carbonyl (C=O) groups excluding carboxylic acids is 1. The normalized spacial score (nSPS) is 13.0. The summed E-state index contributed by atoms with van der Waals surface area (Å²) >= 11 is 0. The van der Waals surface area contributed by atoms with Crippen molar-refractivity contribution < 1.29 is 26.7 Å². The van der Waals surface area contributed by atoms with Crippen molar-refractivity contribution in [3.8, 4) is 0 Å². The molecule has 8 heteroatoms. The predicted octanol–water partition coefficient (Wildman–Crippen LogP) is 4.72. The van der Waals surface area contributed by atoms with Crippen LogP contribution in [0.4, 0.5) is 22.0 Å². The number of hydrogen-bond donors (Lipinski definition) is 2. The summed E-state index contributed by atoms with van der Waals surface area (Å²) in [7, 11) is 0. The Morgan fingerprint density at radius 3 is 2.33 bits per heavy atom. The standard InChI is InChI=1S/C19H15F5N2O/c1-10-14(15-8-13(21)6-7-16(15)25-10)9-17(27)26-18(19(22,23)24)11-2-4-12(20)5-3-11/h2-8,18,25H,9H2,1H3,(H,26,27). The van der Waals surface area contributed by atoms with E-state index in [1.165, 1.54) is 18.2 Å². The number of benzene rings is 2. The number of aromatic amines is 1. The molecule has 142 valence electrons. The Morgan fingerprint density at radius 2 is 1.70 bits per heavy atom. The van der Waals surface area contributed by atoms with Crippen LogP contribution in [0.2, 0.25) is 0 Å². The summed E-state index contributed by atoms with van der Waals surface area (Å²) in [6, 6.07) is 5.43. The second-order valence-electron chi connectivity index (χ2n) is 6.19. The van der Waals surface area contributed by atoms with E-state index >= 15 is 0 Å². The number of halogens is 5. The lowest BCUT2D eigenvalue weighted by molar-refractivity contribution is -0.163. The first kappa shape index (κ1) is 18.9. The third-order valence-electron chi connectivity index (χ3n) is 4.25. The fourth-order valence-electron chi connectivity index (χ4n) is 2.96. The van der Waals surface area contributed by atoms with Crippen molar-refractivity contribution in [1.29, 1.82) is 0 Å². The van der Waals surface area contributed by atoms with E-state index in [1.807, 2.05) is 5.32 Å². The van der Waals surface area contributed by atoms with Crippen LogP contribution >= 0.6 is 0 Å². The van der Waals surface area contributed by atoms with Crippen LogP contribution in [-0.2, 0) is 11.2 Å². The Morgan fingerprint density at radius 1 is 1.07 bits per heavy atom. The van der Waals surface area contributed by atoms with E-state index in [0.29, 0.717) is 22.2 Å². The number of fused-ring (bicyclic) bond motifs is 1. The number of alkyl halides is 3. The highest BCUT2D eigenvalue weighted by Gasteiger charge is 2.41. The number of amides is 1. The molecule has 1 heterocycles. The Kier molecular flexibility index (Phi) is 4.91. The summed E-state index contributed by atoms with van der Waals surface area (Å²) in [4.78, 5) is 15.3. The van der Waals surface area contributed by atoms with Crippen LogP contribution in [0.25, 0.3) is 10.9 Å². The summed E-state index contributed by atoms with van der Waals surface area (Å²) in [5.41, 5.74) is 1.29.